The first-order chi connectivity index (χ1) is 19.3. The topological polar surface area (TPSA) is 93.6 Å². The van der Waals surface area contributed by atoms with Crippen molar-refractivity contribution in [1.29, 1.82) is 0 Å². The van der Waals surface area contributed by atoms with Crippen molar-refractivity contribution in [2.45, 2.75) is 44.3 Å². The molecular formula is C29H27Cl2FN4O4. The summed E-state index contributed by atoms with van der Waals surface area (Å²) in [6.07, 6.45) is 3.70. The van der Waals surface area contributed by atoms with Gasteiger partial charge in [0, 0.05) is 48.4 Å². The van der Waals surface area contributed by atoms with E-state index in [1.54, 1.807) is 24.3 Å². The third-order valence-corrected chi connectivity index (χ3v) is 8.19. The molecule has 4 aromatic rings. The molecule has 2 fully saturated rings. The van der Waals surface area contributed by atoms with Gasteiger partial charge in [0.2, 0.25) is 0 Å². The number of rotatable bonds is 8. The summed E-state index contributed by atoms with van der Waals surface area (Å²) in [6, 6.07) is 11.7. The highest BCUT2D eigenvalue weighted by molar-refractivity contribution is 6.39. The van der Waals surface area contributed by atoms with E-state index in [2.05, 4.69) is 15.2 Å². The van der Waals surface area contributed by atoms with Gasteiger partial charge in [0.25, 0.3) is 0 Å². The predicted octanol–water partition coefficient (Wildman–Crippen LogP) is 6.95. The molecule has 11 heteroatoms. The van der Waals surface area contributed by atoms with Crippen LogP contribution in [-0.2, 0) is 18.4 Å². The van der Waals surface area contributed by atoms with Crippen LogP contribution in [0, 0.1) is 5.82 Å². The van der Waals surface area contributed by atoms with Gasteiger partial charge in [-0.2, -0.15) is 5.10 Å². The van der Waals surface area contributed by atoms with Crippen LogP contribution < -0.4 is 4.90 Å². The molecular weight excluding hydrogens is 558 g/mol. The van der Waals surface area contributed by atoms with Crippen molar-refractivity contribution in [3.63, 3.8) is 0 Å². The molecule has 2 aromatic carbocycles. The normalized spacial score (nSPS) is 16.1. The Kier molecular flexibility index (Phi) is 7.29. The van der Waals surface area contributed by atoms with Gasteiger partial charge >= 0.3 is 5.97 Å². The van der Waals surface area contributed by atoms with E-state index in [1.807, 2.05) is 6.07 Å². The average Bonchev–Trinajstić information content (AvgIpc) is 3.58. The fraction of sp³-hybridized carbons (Fsp3) is 0.345. The van der Waals surface area contributed by atoms with Crippen LogP contribution in [0.4, 0.5) is 10.1 Å². The molecule has 208 valence electrons. The zero-order valence-corrected chi connectivity index (χ0v) is 23.3. The van der Waals surface area contributed by atoms with Crippen molar-refractivity contribution < 1.29 is 23.6 Å². The number of carboxylic acid groups (broad SMARTS) is 1. The van der Waals surface area contributed by atoms with Crippen molar-refractivity contribution >= 4 is 34.9 Å². The number of nitrogens with zero attached hydrogens (tertiary/aromatic N) is 4. The van der Waals surface area contributed by atoms with Crippen LogP contribution in [0.1, 0.15) is 53.4 Å². The summed E-state index contributed by atoms with van der Waals surface area (Å²) in [6.45, 7) is 1.76. The number of halogens is 3. The van der Waals surface area contributed by atoms with E-state index >= 15 is 4.39 Å². The van der Waals surface area contributed by atoms with E-state index in [0.717, 1.165) is 42.7 Å². The summed E-state index contributed by atoms with van der Waals surface area (Å²) in [5, 5.41) is 18.8. The van der Waals surface area contributed by atoms with Gasteiger partial charge in [0.05, 0.1) is 28.5 Å². The minimum atomic E-state index is -1.11. The number of carboxylic acids is 1. The minimum absolute atomic E-state index is 0.00177. The standard InChI is InChI=1S/C29H27Cl2FN4O4/c1-35-25(29(37)38)14-24(33-35)19-8-7-17(13-23(19)32)36-11-9-18(10-12-36)39-15-20-27(34-40-28(20)16-5-6-16)26-21(30)3-2-4-22(26)31/h2-4,7-8,13-14,16,18H,5-6,9-12,15H2,1H3,(H,37,38). The average molecular weight is 585 g/mol. The first kappa shape index (κ1) is 26.8. The van der Waals surface area contributed by atoms with Crippen molar-refractivity contribution in [2.75, 3.05) is 18.0 Å². The lowest BCUT2D eigenvalue weighted by molar-refractivity contribution is 0.0246. The number of benzene rings is 2. The fourth-order valence-corrected chi connectivity index (χ4v) is 5.81. The quantitative estimate of drug-likeness (QED) is 0.239. The highest BCUT2D eigenvalue weighted by Gasteiger charge is 2.34. The summed E-state index contributed by atoms with van der Waals surface area (Å²) in [4.78, 5) is 13.4. The molecule has 8 nitrogen and oxygen atoms in total. The van der Waals surface area contributed by atoms with Gasteiger partial charge < -0.3 is 19.3 Å². The minimum Gasteiger partial charge on any atom is -0.477 e. The van der Waals surface area contributed by atoms with Crippen molar-refractivity contribution in [1.82, 2.24) is 14.9 Å². The second kappa shape index (κ2) is 10.9. The molecule has 0 spiro atoms. The zero-order chi connectivity index (χ0) is 28.0. The van der Waals surface area contributed by atoms with E-state index in [0.29, 0.717) is 46.9 Å². The van der Waals surface area contributed by atoms with Crippen LogP contribution in [0.3, 0.4) is 0 Å². The number of carbonyl (C=O) groups is 1. The lowest BCUT2D eigenvalue weighted by Crippen LogP contribution is -2.37. The van der Waals surface area contributed by atoms with Gasteiger partial charge in [0.15, 0.2) is 0 Å². The van der Waals surface area contributed by atoms with E-state index in [1.165, 1.54) is 23.9 Å². The first-order valence-corrected chi connectivity index (χ1v) is 13.9. The largest absolute Gasteiger partial charge is 0.477 e. The summed E-state index contributed by atoms with van der Waals surface area (Å²) in [7, 11) is 1.52. The Labute approximate surface area is 240 Å². The highest BCUT2D eigenvalue weighted by atomic mass is 35.5. The van der Waals surface area contributed by atoms with Crippen LogP contribution in [-0.4, -0.2) is 45.2 Å². The number of aryl methyl sites for hydroxylation is 1. The highest BCUT2D eigenvalue weighted by Crippen LogP contribution is 2.46. The molecule has 6 rings (SSSR count). The van der Waals surface area contributed by atoms with Crippen molar-refractivity contribution in [3.05, 3.63) is 75.3 Å². The molecule has 1 saturated carbocycles. The molecule has 40 heavy (non-hydrogen) atoms. The number of aromatic carboxylic acids is 1. The van der Waals surface area contributed by atoms with Gasteiger partial charge in [-0.1, -0.05) is 34.4 Å². The van der Waals surface area contributed by atoms with Crippen LogP contribution in [0.5, 0.6) is 0 Å². The second-order valence-electron chi connectivity index (χ2n) is 10.3. The summed E-state index contributed by atoms with van der Waals surface area (Å²) >= 11 is 12.9. The Morgan fingerprint density at radius 3 is 2.48 bits per heavy atom. The molecule has 0 radical (unpaired) electrons. The van der Waals surface area contributed by atoms with Gasteiger partial charge in [-0.15, -0.1) is 0 Å². The van der Waals surface area contributed by atoms with Gasteiger partial charge in [-0.25, -0.2) is 9.18 Å². The van der Waals surface area contributed by atoms with Crippen molar-refractivity contribution in [2.24, 2.45) is 7.05 Å². The van der Waals surface area contributed by atoms with E-state index in [9.17, 15) is 9.90 Å². The van der Waals surface area contributed by atoms with Gasteiger partial charge in [-0.05, 0) is 62.1 Å². The molecule has 0 unspecified atom stereocenters. The SMILES string of the molecule is Cn1nc(-c2ccc(N3CCC(OCc4c(-c5c(Cl)cccc5Cl)noc4C4CC4)CC3)cc2F)cc1C(=O)O. The molecule has 0 atom stereocenters. The van der Waals surface area contributed by atoms with E-state index in [4.69, 9.17) is 32.5 Å². The smallest absolute Gasteiger partial charge is 0.354 e. The van der Waals surface area contributed by atoms with E-state index < -0.39 is 11.8 Å². The summed E-state index contributed by atoms with van der Waals surface area (Å²) in [5.41, 5.74) is 3.50. The van der Waals surface area contributed by atoms with Gasteiger partial charge in [0.1, 0.15) is 23.0 Å². The summed E-state index contributed by atoms with van der Waals surface area (Å²) in [5.74, 6) is -0.359. The molecule has 1 saturated heterocycles. The molecule has 1 aliphatic heterocycles. The van der Waals surface area contributed by atoms with Crippen LogP contribution in [0.25, 0.3) is 22.5 Å². The second-order valence-corrected chi connectivity index (χ2v) is 11.1. The molecule has 3 heterocycles. The van der Waals surface area contributed by atoms with Gasteiger partial charge in [-0.3, -0.25) is 4.68 Å². The Morgan fingerprint density at radius 1 is 1.12 bits per heavy atom. The third-order valence-electron chi connectivity index (χ3n) is 7.56. The number of hydrogen-bond donors (Lipinski definition) is 1. The Balaban J connectivity index is 1.12. The zero-order valence-electron chi connectivity index (χ0n) is 21.7. The van der Waals surface area contributed by atoms with Crippen LogP contribution in [0.15, 0.2) is 47.0 Å². The number of ether oxygens (including phenoxy) is 1. The molecule has 1 N–H and O–H groups in total. The maximum Gasteiger partial charge on any atom is 0.354 e. The summed E-state index contributed by atoms with van der Waals surface area (Å²) < 4.78 is 28.4. The Morgan fingerprint density at radius 2 is 1.85 bits per heavy atom. The molecule has 0 bridgehead atoms. The van der Waals surface area contributed by atoms with E-state index in [-0.39, 0.29) is 23.1 Å². The molecule has 1 aliphatic carbocycles. The first-order valence-electron chi connectivity index (χ1n) is 13.2. The number of piperidine rings is 1. The number of anilines is 1. The lowest BCUT2D eigenvalue weighted by Gasteiger charge is -2.33. The molecule has 0 amide bonds. The monoisotopic (exact) mass is 584 g/mol. The number of aromatic nitrogens is 3. The van der Waals surface area contributed by atoms with Crippen LogP contribution in [0.2, 0.25) is 10.0 Å². The molecule has 2 aromatic heterocycles. The lowest BCUT2D eigenvalue weighted by atomic mass is 10.0. The maximum absolute atomic E-state index is 15.0. The molecule has 2 aliphatic rings. The van der Waals surface area contributed by atoms with Crippen molar-refractivity contribution in [3.8, 4) is 22.5 Å². The predicted molar refractivity (Wildman–Crippen MR) is 150 cm³/mol. The Bertz CT molecular complexity index is 1550. The maximum atomic E-state index is 15.0. The fourth-order valence-electron chi connectivity index (χ4n) is 5.24. The third kappa shape index (κ3) is 5.21. The Hall–Kier alpha value is -3.40. The number of hydrogen-bond acceptors (Lipinski definition) is 6. The van der Waals surface area contributed by atoms with Crippen LogP contribution >= 0.6 is 23.2 Å².